The van der Waals surface area contributed by atoms with E-state index in [1.807, 2.05) is 42.5 Å². The molecule has 4 heteroatoms. The number of amides is 2. The fourth-order valence-electron chi connectivity index (χ4n) is 2.05. The molecule has 0 aliphatic heterocycles. The quantitative estimate of drug-likeness (QED) is 0.737. The van der Waals surface area contributed by atoms with Gasteiger partial charge in [0.1, 0.15) is 0 Å². The second-order valence-corrected chi connectivity index (χ2v) is 4.34. The molecule has 0 aliphatic rings. The smallest absolute Gasteiger partial charge is 0.308 e. The molecule has 0 radical (unpaired) electrons. The molecule has 2 amide bonds. The van der Waals surface area contributed by atoms with E-state index < -0.39 is 0 Å². The molecule has 0 unspecified atom stereocenters. The first-order valence-electron chi connectivity index (χ1n) is 6.29. The van der Waals surface area contributed by atoms with Gasteiger partial charge < -0.3 is 10.6 Å². The third-order valence-corrected chi connectivity index (χ3v) is 2.98. The minimum Gasteiger partial charge on any atom is -0.308 e. The van der Waals surface area contributed by atoms with Crippen molar-refractivity contribution in [2.75, 3.05) is 10.6 Å². The number of carbonyl (C=O) groups is 1. The number of nitrogens with one attached hydrogen (secondary N) is 2. The van der Waals surface area contributed by atoms with Gasteiger partial charge in [-0.3, -0.25) is 4.98 Å². The van der Waals surface area contributed by atoms with Crippen molar-refractivity contribution in [3.8, 4) is 0 Å². The van der Waals surface area contributed by atoms with Crippen LogP contribution in [-0.4, -0.2) is 11.0 Å². The van der Waals surface area contributed by atoms with E-state index in [-0.39, 0.29) is 6.03 Å². The van der Waals surface area contributed by atoms with Crippen LogP contribution in [0.15, 0.2) is 67.0 Å². The maximum absolute atomic E-state index is 12.0. The molecule has 3 rings (SSSR count). The van der Waals surface area contributed by atoms with Gasteiger partial charge in [-0.15, -0.1) is 0 Å². The van der Waals surface area contributed by atoms with Crippen LogP contribution in [0.3, 0.4) is 0 Å². The molecule has 0 fully saturated rings. The molecule has 1 heterocycles. The van der Waals surface area contributed by atoms with Gasteiger partial charge in [0.05, 0.1) is 5.69 Å². The molecule has 2 N–H and O–H groups in total. The Kier molecular flexibility index (Phi) is 3.29. The number of hydrogen-bond acceptors (Lipinski definition) is 2. The number of rotatable bonds is 2. The lowest BCUT2D eigenvalue weighted by Crippen LogP contribution is -2.19. The van der Waals surface area contributed by atoms with Crippen LogP contribution < -0.4 is 10.6 Å². The van der Waals surface area contributed by atoms with Crippen LogP contribution >= 0.6 is 0 Å². The molecular formula is C16H13N3O. The van der Waals surface area contributed by atoms with Crippen LogP contribution in [0.4, 0.5) is 16.2 Å². The first-order chi connectivity index (χ1) is 9.83. The number of hydrogen-bond donors (Lipinski definition) is 2. The lowest BCUT2D eigenvalue weighted by molar-refractivity contribution is 0.262. The molecule has 1 aromatic heterocycles. The number of fused-ring (bicyclic) bond motifs is 1. The van der Waals surface area contributed by atoms with Crippen molar-refractivity contribution < 1.29 is 4.79 Å². The van der Waals surface area contributed by atoms with Crippen molar-refractivity contribution in [2.45, 2.75) is 0 Å². The van der Waals surface area contributed by atoms with Crippen molar-refractivity contribution in [1.82, 2.24) is 4.98 Å². The zero-order valence-corrected chi connectivity index (χ0v) is 10.7. The topological polar surface area (TPSA) is 54.0 Å². The summed E-state index contributed by atoms with van der Waals surface area (Å²) in [5.41, 5.74) is 1.49. The molecule has 4 nitrogen and oxygen atoms in total. The van der Waals surface area contributed by atoms with Crippen LogP contribution in [0.25, 0.3) is 10.8 Å². The van der Waals surface area contributed by atoms with Gasteiger partial charge in [-0.1, -0.05) is 36.4 Å². The van der Waals surface area contributed by atoms with Crippen molar-refractivity contribution >= 4 is 28.2 Å². The molecule has 0 saturated carbocycles. The Morgan fingerprint density at radius 1 is 0.850 bits per heavy atom. The van der Waals surface area contributed by atoms with Gasteiger partial charge in [-0.2, -0.15) is 0 Å². The summed E-state index contributed by atoms with van der Waals surface area (Å²) in [7, 11) is 0. The second kappa shape index (κ2) is 5.40. The first-order valence-corrected chi connectivity index (χ1v) is 6.29. The molecule has 0 spiro atoms. The molecule has 0 saturated heterocycles. The summed E-state index contributed by atoms with van der Waals surface area (Å²) in [4.78, 5) is 15.9. The zero-order chi connectivity index (χ0) is 13.8. The Balaban J connectivity index is 1.81. The Hall–Kier alpha value is -2.88. The van der Waals surface area contributed by atoms with Crippen molar-refractivity contribution in [3.63, 3.8) is 0 Å². The van der Waals surface area contributed by atoms with E-state index in [0.717, 1.165) is 16.5 Å². The predicted octanol–water partition coefficient (Wildman–Crippen LogP) is 3.88. The molecular weight excluding hydrogens is 250 g/mol. The number of anilines is 2. The molecule has 2 aromatic carbocycles. The Morgan fingerprint density at radius 2 is 1.60 bits per heavy atom. The molecule has 0 aliphatic carbocycles. The van der Waals surface area contributed by atoms with E-state index in [0.29, 0.717) is 5.69 Å². The second-order valence-electron chi connectivity index (χ2n) is 4.34. The van der Waals surface area contributed by atoms with Crippen LogP contribution in [0, 0.1) is 0 Å². The van der Waals surface area contributed by atoms with Crippen LogP contribution in [-0.2, 0) is 0 Å². The van der Waals surface area contributed by atoms with Gasteiger partial charge in [0.2, 0.25) is 0 Å². The maximum atomic E-state index is 12.0. The Morgan fingerprint density at radius 3 is 2.45 bits per heavy atom. The van der Waals surface area contributed by atoms with Gasteiger partial charge in [0.15, 0.2) is 0 Å². The van der Waals surface area contributed by atoms with Gasteiger partial charge in [0.25, 0.3) is 0 Å². The average Bonchev–Trinajstić information content (AvgIpc) is 2.48. The SMILES string of the molecule is O=C(Nc1ccncc1)Nc1cccc2ccccc12. The molecule has 0 bridgehead atoms. The summed E-state index contributed by atoms with van der Waals surface area (Å²) in [6.07, 6.45) is 3.26. The summed E-state index contributed by atoms with van der Waals surface area (Å²) < 4.78 is 0. The predicted molar refractivity (Wildman–Crippen MR) is 80.8 cm³/mol. The number of benzene rings is 2. The van der Waals surface area contributed by atoms with E-state index in [4.69, 9.17) is 0 Å². The lowest BCUT2D eigenvalue weighted by atomic mass is 10.1. The third kappa shape index (κ3) is 2.59. The van der Waals surface area contributed by atoms with Gasteiger partial charge in [0, 0.05) is 23.5 Å². The van der Waals surface area contributed by atoms with Crippen molar-refractivity contribution in [2.24, 2.45) is 0 Å². The summed E-state index contributed by atoms with van der Waals surface area (Å²) >= 11 is 0. The van der Waals surface area contributed by atoms with E-state index in [2.05, 4.69) is 15.6 Å². The molecule has 3 aromatic rings. The highest BCUT2D eigenvalue weighted by Crippen LogP contribution is 2.23. The van der Waals surface area contributed by atoms with Crippen LogP contribution in [0.5, 0.6) is 0 Å². The molecule has 0 atom stereocenters. The largest absolute Gasteiger partial charge is 0.323 e. The van der Waals surface area contributed by atoms with E-state index in [1.165, 1.54) is 0 Å². The van der Waals surface area contributed by atoms with Crippen LogP contribution in [0.1, 0.15) is 0 Å². The van der Waals surface area contributed by atoms with E-state index in [9.17, 15) is 4.79 Å². The highest BCUT2D eigenvalue weighted by Gasteiger charge is 2.05. The Labute approximate surface area is 116 Å². The van der Waals surface area contributed by atoms with Crippen molar-refractivity contribution in [3.05, 3.63) is 67.0 Å². The number of urea groups is 1. The van der Waals surface area contributed by atoms with E-state index in [1.54, 1.807) is 24.5 Å². The van der Waals surface area contributed by atoms with Gasteiger partial charge >= 0.3 is 6.03 Å². The highest BCUT2D eigenvalue weighted by molar-refractivity contribution is 6.06. The zero-order valence-electron chi connectivity index (χ0n) is 10.7. The highest BCUT2D eigenvalue weighted by atomic mass is 16.2. The number of carbonyl (C=O) groups excluding carboxylic acids is 1. The summed E-state index contributed by atoms with van der Waals surface area (Å²) in [6.45, 7) is 0. The summed E-state index contributed by atoms with van der Waals surface area (Å²) in [5.74, 6) is 0. The third-order valence-electron chi connectivity index (χ3n) is 2.98. The molecule has 98 valence electrons. The Bertz CT molecular complexity index is 736. The maximum Gasteiger partial charge on any atom is 0.323 e. The van der Waals surface area contributed by atoms with Gasteiger partial charge in [-0.05, 0) is 23.6 Å². The fraction of sp³-hybridized carbons (Fsp3) is 0. The minimum atomic E-state index is -0.271. The minimum absolute atomic E-state index is 0.271. The summed E-state index contributed by atoms with van der Waals surface area (Å²) in [6, 6.07) is 17.0. The summed E-state index contributed by atoms with van der Waals surface area (Å²) in [5, 5.41) is 7.73. The lowest BCUT2D eigenvalue weighted by Gasteiger charge is -2.09. The van der Waals surface area contributed by atoms with Crippen LogP contribution in [0.2, 0.25) is 0 Å². The normalized spacial score (nSPS) is 10.2. The fourth-order valence-corrected chi connectivity index (χ4v) is 2.05. The first kappa shape index (κ1) is 12.2. The number of nitrogens with zero attached hydrogens (tertiary/aromatic N) is 1. The molecule has 20 heavy (non-hydrogen) atoms. The van der Waals surface area contributed by atoms with E-state index >= 15 is 0 Å². The number of aromatic nitrogens is 1. The standard InChI is InChI=1S/C16H13N3O/c20-16(18-13-8-10-17-11-9-13)19-15-7-3-5-12-4-1-2-6-14(12)15/h1-11H,(H2,17,18,19,20). The van der Waals surface area contributed by atoms with Gasteiger partial charge in [-0.25, -0.2) is 4.79 Å². The average molecular weight is 263 g/mol. The van der Waals surface area contributed by atoms with Crippen molar-refractivity contribution in [1.29, 1.82) is 0 Å². The monoisotopic (exact) mass is 263 g/mol. The number of pyridine rings is 1.